The Balaban J connectivity index is 2.08. The molecule has 0 aliphatic rings. The first-order chi connectivity index (χ1) is 8.47. The van der Waals surface area contributed by atoms with Crippen molar-refractivity contribution in [1.29, 1.82) is 0 Å². The Morgan fingerprint density at radius 3 is 2.78 bits per heavy atom. The third kappa shape index (κ3) is 3.09. The van der Waals surface area contributed by atoms with E-state index in [9.17, 15) is 8.42 Å². The third-order valence-electron chi connectivity index (χ3n) is 2.13. The number of primary sulfonamides is 1. The molecule has 2 aromatic rings. The zero-order valence-corrected chi connectivity index (χ0v) is 11.5. The van der Waals surface area contributed by atoms with Gasteiger partial charge in [-0.2, -0.15) is 0 Å². The van der Waals surface area contributed by atoms with E-state index in [0.717, 1.165) is 5.69 Å². The lowest BCUT2D eigenvalue weighted by Gasteiger charge is -2.05. The van der Waals surface area contributed by atoms with Crippen LogP contribution in [0.2, 0.25) is 0 Å². The van der Waals surface area contributed by atoms with Crippen LogP contribution in [0, 0.1) is 0 Å². The minimum Gasteiger partial charge on any atom is -0.446 e. The summed E-state index contributed by atoms with van der Waals surface area (Å²) in [6.45, 7) is 0.333. The summed E-state index contributed by atoms with van der Waals surface area (Å²) in [6.07, 6.45) is 1.65. The van der Waals surface area contributed by atoms with Crippen LogP contribution < -0.4 is 10.5 Å². The number of furan rings is 1. The molecule has 0 aromatic carbocycles. The molecule has 0 fully saturated rings. The molecule has 0 unspecified atom stereocenters. The van der Waals surface area contributed by atoms with Gasteiger partial charge in [0.2, 0.25) is 5.09 Å². The molecule has 0 spiro atoms. The molecule has 96 valence electrons. The van der Waals surface area contributed by atoms with Crippen molar-refractivity contribution in [3.8, 4) is 0 Å². The first-order valence-corrected chi connectivity index (χ1v) is 7.26. The third-order valence-corrected chi connectivity index (χ3v) is 3.54. The Morgan fingerprint density at radius 1 is 1.39 bits per heavy atom. The van der Waals surface area contributed by atoms with E-state index in [1.54, 1.807) is 18.3 Å². The fraction of sp³-hybridized carbons (Fsp3) is 0.100. The molecule has 0 radical (unpaired) electrons. The van der Waals surface area contributed by atoms with E-state index in [4.69, 9.17) is 9.56 Å². The maximum absolute atomic E-state index is 11.0. The van der Waals surface area contributed by atoms with E-state index in [-0.39, 0.29) is 5.09 Å². The standard InChI is InChI=1S/C10H10BrN3O3S/c11-10-8(2-1-5-13-10)14-6-7-3-4-9(17-7)18(12,15)16/h1-5,14H,6H2,(H2,12,15,16). The molecule has 6 nitrogen and oxygen atoms in total. The largest absolute Gasteiger partial charge is 0.446 e. The van der Waals surface area contributed by atoms with Crippen LogP contribution in [0.4, 0.5) is 5.69 Å². The summed E-state index contributed by atoms with van der Waals surface area (Å²) in [7, 11) is -3.79. The summed E-state index contributed by atoms with van der Waals surface area (Å²) in [5.41, 5.74) is 0.783. The van der Waals surface area contributed by atoms with Crippen LogP contribution in [0.5, 0.6) is 0 Å². The van der Waals surface area contributed by atoms with Crippen molar-refractivity contribution in [3.05, 3.63) is 40.8 Å². The second kappa shape index (κ2) is 5.09. The Labute approximate surface area is 112 Å². The first-order valence-electron chi connectivity index (χ1n) is 4.93. The Kier molecular flexibility index (Phi) is 3.69. The fourth-order valence-electron chi connectivity index (χ4n) is 1.31. The number of hydrogen-bond acceptors (Lipinski definition) is 5. The second-order valence-corrected chi connectivity index (χ2v) is 5.70. The normalized spacial score (nSPS) is 11.4. The zero-order chi connectivity index (χ0) is 13.2. The number of anilines is 1. The zero-order valence-electron chi connectivity index (χ0n) is 9.13. The summed E-state index contributed by atoms with van der Waals surface area (Å²) in [6, 6.07) is 6.49. The van der Waals surface area contributed by atoms with Crippen molar-refractivity contribution in [3.63, 3.8) is 0 Å². The topological polar surface area (TPSA) is 98.2 Å². The molecule has 2 aromatic heterocycles. The molecule has 2 rings (SSSR count). The van der Waals surface area contributed by atoms with E-state index in [0.29, 0.717) is 16.9 Å². The van der Waals surface area contributed by atoms with Crippen molar-refractivity contribution < 1.29 is 12.8 Å². The lowest BCUT2D eigenvalue weighted by molar-refractivity contribution is 0.419. The van der Waals surface area contributed by atoms with Gasteiger partial charge in [0.15, 0.2) is 0 Å². The van der Waals surface area contributed by atoms with Gasteiger partial charge in [0.1, 0.15) is 10.4 Å². The van der Waals surface area contributed by atoms with Crippen LogP contribution in [0.25, 0.3) is 0 Å². The number of nitrogens with one attached hydrogen (secondary N) is 1. The van der Waals surface area contributed by atoms with E-state index < -0.39 is 10.0 Å². The molecular formula is C10H10BrN3O3S. The minimum absolute atomic E-state index is 0.246. The highest BCUT2D eigenvalue weighted by Crippen LogP contribution is 2.20. The van der Waals surface area contributed by atoms with Gasteiger partial charge in [-0.3, -0.25) is 0 Å². The van der Waals surface area contributed by atoms with Gasteiger partial charge >= 0.3 is 0 Å². The smallest absolute Gasteiger partial charge is 0.271 e. The molecule has 0 bridgehead atoms. The van der Waals surface area contributed by atoms with Crippen LogP contribution in [0.3, 0.4) is 0 Å². The van der Waals surface area contributed by atoms with Crippen LogP contribution in [-0.4, -0.2) is 13.4 Å². The summed E-state index contributed by atoms with van der Waals surface area (Å²) in [5, 5.41) is 7.75. The number of nitrogens with zero attached hydrogens (tertiary/aromatic N) is 1. The number of aromatic nitrogens is 1. The molecule has 0 atom stereocenters. The van der Waals surface area contributed by atoms with Crippen molar-refractivity contribution in [2.24, 2.45) is 5.14 Å². The number of nitrogens with two attached hydrogens (primary N) is 1. The van der Waals surface area contributed by atoms with E-state index in [1.807, 2.05) is 6.07 Å². The van der Waals surface area contributed by atoms with Gasteiger partial charge in [-0.05, 0) is 40.2 Å². The first kappa shape index (κ1) is 13.1. The number of hydrogen-bond donors (Lipinski definition) is 2. The molecule has 0 aliphatic carbocycles. The molecule has 0 aliphatic heterocycles. The van der Waals surface area contributed by atoms with Gasteiger partial charge in [0, 0.05) is 6.20 Å². The highest BCUT2D eigenvalue weighted by atomic mass is 79.9. The summed E-state index contributed by atoms with van der Waals surface area (Å²) in [5.74, 6) is 0.467. The van der Waals surface area contributed by atoms with Gasteiger partial charge in [0.05, 0.1) is 12.2 Å². The maximum atomic E-state index is 11.0. The maximum Gasteiger partial charge on any atom is 0.271 e. The number of rotatable bonds is 4. The Bertz CT molecular complexity index is 654. The lowest BCUT2D eigenvalue weighted by Crippen LogP contribution is -2.10. The fourth-order valence-corrected chi connectivity index (χ4v) is 2.18. The van der Waals surface area contributed by atoms with Gasteiger partial charge < -0.3 is 9.73 Å². The van der Waals surface area contributed by atoms with Crippen molar-refractivity contribution in [2.45, 2.75) is 11.6 Å². The molecule has 2 heterocycles. The number of halogens is 1. The predicted octanol–water partition coefficient (Wildman–Crippen LogP) is 1.70. The molecule has 3 N–H and O–H groups in total. The monoisotopic (exact) mass is 331 g/mol. The number of sulfonamides is 1. The van der Waals surface area contributed by atoms with Crippen LogP contribution in [-0.2, 0) is 16.6 Å². The van der Waals surface area contributed by atoms with E-state index in [2.05, 4.69) is 26.2 Å². The molecule has 0 saturated heterocycles. The molecule has 0 saturated carbocycles. The van der Waals surface area contributed by atoms with Gasteiger partial charge in [-0.25, -0.2) is 18.5 Å². The lowest BCUT2D eigenvalue weighted by atomic mass is 10.4. The summed E-state index contributed by atoms with van der Waals surface area (Å²) >= 11 is 3.29. The van der Waals surface area contributed by atoms with Gasteiger partial charge in [0.25, 0.3) is 10.0 Å². The summed E-state index contributed by atoms with van der Waals surface area (Å²) in [4.78, 5) is 4.04. The molecular weight excluding hydrogens is 322 g/mol. The van der Waals surface area contributed by atoms with Crippen molar-refractivity contribution in [1.82, 2.24) is 4.98 Å². The van der Waals surface area contributed by atoms with E-state index in [1.165, 1.54) is 6.07 Å². The van der Waals surface area contributed by atoms with Gasteiger partial charge in [-0.1, -0.05) is 0 Å². The van der Waals surface area contributed by atoms with E-state index >= 15 is 0 Å². The predicted molar refractivity (Wildman–Crippen MR) is 69.3 cm³/mol. The number of pyridine rings is 1. The van der Waals surface area contributed by atoms with Crippen LogP contribution in [0.15, 0.2) is 44.6 Å². The van der Waals surface area contributed by atoms with Crippen LogP contribution >= 0.6 is 15.9 Å². The second-order valence-electron chi connectivity index (χ2n) is 3.46. The average molecular weight is 332 g/mol. The Hall–Kier alpha value is -1.38. The highest BCUT2D eigenvalue weighted by Gasteiger charge is 2.13. The SMILES string of the molecule is NS(=O)(=O)c1ccc(CNc2cccnc2Br)o1. The molecule has 18 heavy (non-hydrogen) atoms. The minimum atomic E-state index is -3.79. The molecule has 8 heteroatoms. The van der Waals surface area contributed by atoms with Crippen molar-refractivity contribution >= 4 is 31.6 Å². The molecule has 0 amide bonds. The average Bonchev–Trinajstić information content (AvgIpc) is 2.76. The summed E-state index contributed by atoms with van der Waals surface area (Å²) < 4.78 is 27.8. The van der Waals surface area contributed by atoms with Crippen molar-refractivity contribution in [2.75, 3.05) is 5.32 Å². The van der Waals surface area contributed by atoms with Crippen LogP contribution in [0.1, 0.15) is 5.76 Å². The quantitative estimate of drug-likeness (QED) is 0.831. The Morgan fingerprint density at radius 2 is 2.17 bits per heavy atom. The highest BCUT2D eigenvalue weighted by molar-refractivity contribution is 9.10. The van der Waals surface area contributed by atoms with Gasteiger partial charge in [-0.15, -0.1) is 0 Å².